The standard InChI is InChI=1S/C16H18N2O2S2/c1-11(12-3-5-14(21-2)6-4-12)18-15(19)9-17-16(20)13-7-8-22-10-13/h3-8,10-11H,9H2,1-2H3,(H,17,20)(H,18,19). The van der Waals surface area contributed by atoms with Crippen molar-refractivity contribution in [2.75, 3.05) is 12.8 Å². The summed E-state index contributed by atoms with van der Waals surface area (Å²) in [5.74, 6) is -0.432. The average molecular weight is 334 g/mol. The summed E-state index contributed by atoms with van der Waals surface area (Å²) in [6.07, 6.45) is 2.02. The normalized spacial score (nSPS) is 11.7. The van der Waals surface area contributed by atoms with Crippen LogP contribution in [0.2, 0.25) is 0 Å². The van der Waals surface area contributed by atoms with E-state index in [0.29, 0.717) is 5.56 Å². The molecule has 1 atom stereocenters. The van der Waals surface area contributed by atoms with Gasteiger partial charge >= 0.3 is 0 Å². The summed E-state index contributed by atoms with van der Waals surface area (Å²) in [5, 5.41) is 9.07. The Balaban J connectivity index is 1.81. The lowest BCUT2D eigenvalue weighted by molar-refractivity contribution is -0.120. The molecule has 1 unspecified atom stereocenters. The summed E-state index contributed by atoms with van der Waals surface area (Å²) in [6.45, 7) is 1.90. The lowest BCUT2D eigenvalue weighted by Crippen LogP contribution is -2.37. The van der Waals surface area contributed by atoms with Crippen LogP contribution in [0.25, 0.3) is 0 Å². The zero-order valence-corrected chi connectivity index (χ0v) is 14.1. The number of hydrogen-bond acceptors (Lipinski definition) is 4. The van der Waals surface area contributed by atoms with E-state index in [-0.39, 0.29) is 24.4 Å². The second-order valence-corrected chi connectivity index (χ2v) is 6.42. The van der Waals surface area contributed by atoms with Crippen LogP contribution in [-0.4, -0.2) is 24.6 Å². The molecule has 22 heavy (non-hydrogen) atoms. The zero-order chi connectivity index (χ0) is 15.9. The molecule has 6 heteroatoms. The van der Waals surface area contributed by atoms with Crippen LogP contribution in [0, 0.1) is 0 Å². The second kappa shape index (κ2) is 8.00. The summed E-state index contributed by atoms with van der Waals surface area (Å²) in [5.41, 5.74) is 1.62. The number of rotatable bonds is 6. The lowest BCUT2D eigenvalue weighted by Gasteiger charge is -2.15. The first-order valence-electron chi connectivity index (χ1n) is 6.84. The van der Waals surface area contributed by atoms with Crippen molar-refractivity contribution in [3.63, 3.8) is 0 Å². The van der Waals surface area contributed by atoms with E-state index in [1.54, 1.807) is 23.2 Å². The molecule has 2 N–H and O–H groups in total. The van der Waals surface area contributed by atoms with Gasteiger partial charge in [-0.15, -0.1) is 11.8 Å². The van der Waals surface area contributed by atoms with Crippen LogP contribution in [0.4, 0.5) is 0 Å². The van der Waals surface area contributed by atoms with Gasteiger partial charge < -0.3 is 10.6 Å². The highest BCUT2D eigenvalue weighted by molar-refractivity contribution is 7.98. The maximum Gasteiger partial charge on any atom is 0.252 e. The summed E-state index contributed by atoms with van der Waals surface area (Å²) in [4.78, 5) is 24.8. The van der Waals surface area contributed by atoms with Crippen molar-refractivity contribution in [1.82, 2.24) is 10.6 Å². The predicted octanol–water partition coefficient (Wildman–Crippen LogP) is 3.08. The van der Waals surface area contributed by atoms with Crippen LogP contribution < -0.4 is 10.6 Å². The molecule has 0 fully saturated rings. The molecule has 2 aromatic rings. The van der Waals surface area contributed by atoms with Gasteiger partial charge in [-0.1, -0.05) is 12.1 Å². The van der Waals surface area contributed by atoms with Crippen LogP contribution in [0.15, 0.2) is 46.0 Å². The minimum absolute atomic E-state index is 0.0259. The van der Waals surface area contributed by atoms with Gasteiger partial charge in [0.1, 0.15) is 0 Å². The van der Waals surface area contributed by atoms with Gasteiger partial charge in [-0.25, -0.2) is 0 Å². The first kappa shape index (κ1) is 16.6. The Morgan fingerprint density at radius 1 is 1.23 bits per heavy atom. The van der Waals surface area contributed by atoms with Gasteiger partial charge in [-0.2, -0.15) is 11.3 Å². The molecule has 0 aliphatic rings. The predicted molar refractivity (Wildman–Crippen MR) is 91.4 cm³/mol. The largest absolute Gasteiger partial charge is 0.348 e. The van der Waals surface area contributed by atoms with Gasteiger partial charge in [0.05, 0.1) is 12.6 Å². The number of benzene rings is 1. The van der Waals surface area contributed by atoms with Gasteiger partial charge in [-0.05, 0) is 42.3 Å². The van der Waals surface area contributed by atoms with Gasteiger partial charge in [-0.3, -0.25) is 9.59 Å². The number of thiophene rings is 1. The molecule has 0 spiro atoms. The minimum Gasteiger partial charge on any atom is -0.348 e. The summed E-state index contributed by atoms with van der Waals surface area (Å²) >= 11 is 3.13. The Kier molecular flexibility index (Phi) is 6.03. The molecule has 0 aliphatic carbocycles. The first-order valence-corrected chi connectivity index (χ1v) is 9.00. The SMILES string of the molecule is CSc1ccc(C(C)NC(=O)CNC(=O)c2ccsc2)cc1. The molecule has 0 radical (unpaired) electrons. The van der Waals surface area contributed by atoms with Crippen molar-refractivity contribution < 1.29 is 9.59 Å². The maximum atomic E-state index is 11.9. The topological polar surface area (TPSA) is 58.2 Å². The first-order chi connectivity index (χ1) is 10.6. The molecule has 1 heterocycles. The van der Waals surface area contributed by atoms with Crippen molar-refractivity contribution in [1.29, 1.82) is 0 Å². The van der Waals surface area contributed by atoms with Crippen molar-refractivity contribution in [2.24, 2.45) is 0 Å². The van der Waals surface area contributed by atoms with Crippen LogP contribution in [0.3, 0.4) is 0 Å². The molecule has 0 saturated heterocycles. The molecule has 4 nitrogen and oxygen atoms in total. The highest BCUT2D eigenvalue weighted by Crippen LogP contribution is 2.18. The second-order valence-electron chi connectivity index (χ2n) is 4.76. The third kappa shape index (κ3) is 4.61. The summed E-state index contributed by atoms with van der Waals surface area (Å²) in [6, 6.07) is 9.69. The van der Waals surface area contributed by atoms with Crippen molar-refractivity contribution >= 4 is 34.9 Å². The Bertz CT molecular complexity index is 624. The number of carbonyl (C=O) groups is 2. The Morgan fingerprint density at radius 3 is 2.55 bits per heavy atom. The van der Waals surface area contributed by atoms with Crippen LogP contribution in [-0.2, 0) is 4.79 Å². The van der Waals surface area contributed by atoms with Crippen LogP contribution in [0.1, 0.15) is 28.9 Å². The van der Waals surface area contributed by atoms with E-state index in [1.165, 1.54) is 16.2 Å². The number of nitrogens with one attached hydrogen (secondary N) is 2. The fourth-order valence-corrected chi connectivity index (χ4v) is 2.97. The van der Waals surface area contributed by atoms with E-state index in [9.17, 15) is 9.59 Å². The molecule has 1 aromatic carbocycles. The number of carbonyl (C=O) groups excluding carboxylic acids is 2. The number of amides is 2. The van der Waals surface area contributed by atoms with E-state index < -0.39 is 0 Å². The smallest absolute Gasteiger partial charge is 0.252 e. The van der Waals surface area contributed by atoms with E-state index in [2.05, 4.69) is 10.6 Å². The summed E-state index contributed by atoms with van der Waals surface area (Å²) in [7, 11) is 0. The van der Waals surface area contributed by atoms with E-state index in [4.69, 9.17) is 0 Å². The third-order valence-electron chi connectivity index (χ3n) is 3.19. The third-order valence-corrected chi connectivity index (χ3v) is 4.61. The summed E-state index contributed by atoms with van der Waals surface area (Å²) < 4.78 is 0. The monoisotopic (exact) mass is 334 g/mol. The minimum atomic E-state index is -0.228. The average Bonchev–Trinajstić information content (AvgIpc) is 3.07. The molecule has 2 rings (SSSR count). The molecular weight excluding hydrogens is 316 g/mol. The molecule has 1 aromatic heterocycles. The van der Waals surface area contributed by atoms with Crippen LogP contribution >= 0.6 is 23.1 Å². The molecule has 0 aliphatic heterocycles. The highest BCUT2D eigenvalue weighted by Gasteiger charge is 2.11. The Labute approximate surface area is 138 Å². The molecule has 0 saturated carbocycles. The highest BCUT2D eigenvalue weighted by atomic mass is 32.2. The van der Waals surface area contributed by atoms with Crippen LogP contribution in [0.5, 0.6) is 0 Å². The Hall–Kier alpha value is -1.79. The van der Waals surface area contributed by atoms with Crippen molar-refractivity contribution in [2.45, 2.75) is 17.9 Å². The van der Waals surface area contributed by atoms with Gasteiger partial charge in [0.2, 0.25) is 5.91 Å². The van der Waals surface area contributed by atoms with Gasteiger partial charge in [0.15, 0.2) is 0 Å². The quantitative estimate of drug-likeness (QED) is 0.798. The fourth-order valence-electron chi connectivity index (χ4n) is 1.92. The lowest BCUT2D eigenvalue weighted by atomic mass is 10.1. The van der Waals surface area contributed by atoms with Crippen molar-refractivity contribution in [3.05, 3.63) is 52.2 Å². The number of thioether (sulfide) groups is 1. The number of hydrogen-bond donors (Lipinski definition) is 2. The zero-order valence-electron chi connectivity index (χ0n) is 12.5. The van der Waals surface area contributed by atoms with Gasteiger partial charge in [0, 0.05) is 15.8 Å². The Morgan fingerprint density at radius 2 is 1.95 bits per heavy atom. The van der Waals surface area contributed by atoms with E-state index >= 15 is 0 Å². The fraction of sp³-hybridized carbons (Fsp3) is 0.250. The molecule has 0 bridgehead atoms. The maximum absolute atomic E-state index is 11.9. The van der Waals surface area contributed by atoms with Gasteiger partial charge in [0.25, 0.3) is 5.91 Å². The van der Waals surface area contributed by atoms with Crippen molar-refractivity contribution in [3.8, 4) is 0 Å². The van der Waals surface area contributed by atoms with E-state index in [0.717, 1.165) is 5.56 Å². The molecule has 116 valence electrons. The molecule has 2 amide bonds. The van der Waals surface area contributed by atoms with E-state index in [1.807, 2.05) is 42.8 Å². The molecular formula is C16H18N2O2S2.